The maximum absolute atomic E-state index is 13.8. The Morgan fingerprint density at radius 3 is 2.38 bits per heavy atom. The van der Waals surface area contributed by atoms with Gasteiger partial charge in [-0.15, -0.1) is 0 Å². The lowest BCUT2D eigenvalue weighted by molar-refractivity contribution is 0.0559. The highest BCUT2D eigenvalue weighted by atomic mass is 19.1. The third kappa shape index (κ3) is 4.42. The van der Waals surface area contributed by atoms with Gasteiger partial charge in [-0.1, -0.05) is 6.07 Å². The zero-order chi connectivity index (χ0) is 18.5. The summed E-state index contributed by atoms with van der Waals surface area (Å²) < 4.78 is 28.9. The number of hydrogen-bond donors (Lipinski definition) is 0. The summed E-state index contributed by atoms with van der Waals surface area (Å²) in [6.45, 7) is 4.90. The maximum Gasteiger partial charge on any atom is 0.373 e. The van der Waals surface area contributed by atoms with Crippen molar-refractivity contribution in [3.05, 3.63) is 53.2 Å². The average Bonchev–Trinajstić information content (AvgIpc) is 3.11. The van der Waals surface area contributed by atoms with E-state index in [4.69, 9.17) is 9.15 Å². The van der Waals surface area contributed by atoms with Gasteiger partial charge in [-0.3, -0.25) is 9.80 Å². The number of hydrogen-bond acceptors (Lipinski definition) is 6. The van der Waals surface area contributed by atoms with Crippen LogP contribution in [0, 0.1) is 5.82 Å². The molecular formula is C19H23FN2O4. The van der Waals surface area contributed by atoms with E-state index in [1.807, 2.05) is 6.07 Å². The number of rotatable bonds is 6. The highest BCUT2D eigenvalue weighted by Crippen LogP contribution is 2.19. The molecule has 1 fully saturated rings. The monoisotopic (exact) mass is 362 g/mol. The van der Waals surface area contributed by atoms with Crippen LogP contribution in [-0.2, 0) is 17.8 Å². The summed E-state index contributed by atoms with van der Waals surface area (Å²) in [6, 6.07) is 8.53. The van der Waals surface area contributed by atoms with Crippen LogP contribution in [0.5, 0.6) is 5.75 Å². The molecule has 1 aromatic heterocycles. The van der Waals surface area contributed by atoms with E-state index in [9.17, 15) is 9.18 Å². The largest absolute Gasteiger partial charge is 0.494 e. The second kappa shape index (κ2) is 8.33. The molecule has 7 heteroatoms. The van der Waals surface area contributed by atoms with E-state index in [0.717, 1.165) is 37.5 Å². The lowest BCUT2D eigenvalue weighted by Crippen LogP contribution is -2.45. The Bertz CT molecular complexity index is 754. The van der Waals surface area contributed by atoms with Crippen molar-refractivity contribution in [3.8, 4) is 5.75 Å². The number of nitrogens with zero attached hydrogens (tertiary/aromatic N) is 2. The van der Waals surface area contributed by atoms with Gasteiger partial charge in [0.15, 0.2) is 11.6 Å². The van der Waals surface area contributed by atoms with E-state index < -0.39 is 5.97 Å². The minimum atomic E-state index is -0.465. The lowest BCUT2D eigenvalue weighted by Gasteiger charge is -2.34. The number of ether oxygens (including phenoxy) is 2. The average molecular weight is 362 g/mol. The molecule has 3 rings (SSSR count). The summed E-state index contributed by atoms with van der Waals surface area (Å²) >= 11 is 0. The first-order valence-electron chi connectivity index (χ1n) is 8.53. The number of methoxy groups -OCH3 is 2. The number of esters is 1. The highest BCUT2D eigenvalue weighted by molar-refractivity contribution is 5.86. The third-order valence-corrected chi connectivity index (χ3v) is 4.51. The molecule has 1 saturated heterocycles. The molecule has 0 amide bonds. The van der Waals surface area contributed by atoms with Crippen molar-refractivity contribution in [2.24, 2.45) is 0 Å². The minimum absolute atomic E-state index is 0.225. The van der Waals surface area contributed by atoms with Crippen LogP contribution in [0.15, 0.2) is 34.7 Å². The summed E-state index contributed by atoms with van der Waals surface area (Å²) in [5.41, 5.74) is 0.936. The summed E-state index contributed by atoms with van der Waals surface area (Å²) in [7, 11) is 2.79. The van der Waals surface area contributed by atoms with Gasteiger partial charge in [0, 0.05) is 32.7 Å². The molecule has 0 radical (unpaired) electrons. The second-order valence-corrected chi connectivity index (χ2v) is 6.28. The molecule has 1 aliphatic heterocycles. The Morgan fingerprint density at radius 1 is 1.08 bits per heavy atom. The van der Waals surface area contributed by atoms with Gasteiger partial charge in [0.2, 0.25) is 5.76 Å². The second-order valence-electron chi connectivity index (χ2n) is 6.28. The Balaban J connectivity index is 1.49. The topological polar surface area (TPSA) is 55.2 Å². The molecule has 1 aromatic carbocycles. The first-order valence-corrected chi connectivity index (χ1v) is 8.53. The van der Waals surface area contributed by atoms with Crippen molar-refractivity contribution < 1.29 is 23.1 Å². The van der Waals surface area contributed by atoms with Crippen molar-refractivity contribution in [2.75, 3.05) is 40.4 Å². The van der Waals surface area contributed by atoms with Gasteiger partial charge in [0.25, 0.3) is 0 Å². The Morgan fingerprint density at radius 2 is 1.77 bits per heavy atom. The van der Waals surface area contributed by atoms with Gasteiger partial charge in [-0.25, -0.2) is 9.18 Å². The van der Waals surface area contributed by atoms with E-state index in [1.165, 1.54) is 20.3 Å². The number of carbonyl (C=O) groups excluding carboxylic acids is 1. The first-order chi connectivity index (χ1) is 12.6. The number of halogens is 1. The van der Waals surface area contributed by atoms with E-state index in [-0.39, 0.29) is 17.3 Å². The fourth-order valence-corrected chi connectivity index (χ4v) is 3.07. The normalized spacial score (nSPS) is 15.8. The van der Waals surface area contributed by atoms with Gasteiger partial charge in [0.05, 0.1) is 20.8 Å². The van der Waals surface area contributed by atoms with Crippen molar-refractivity contribution in [1.29, 1.82) is 0 Å². The number of furan rings is 1. The van der Waals surface area contributed by atoms with Crippen molar-refractivity contribution in [3.63, 3.8) is 0 Å². The summed E-state index contributed by atoms with van der Waals surface area (Å²) in [6.07, 6.45) is 0. The zero-order valence-electron chi connectivity index (χ0n) is 15.0. The molecule has 0 unspecified atom stereocenters. The molecule has 26 heavy (non-hydrogen) atoms. The highest BCUT2D eigenvalue weighted by Gasteiger charge is 2.19. The Labute approximate surface area is 152 Å². The van der Waals surface area contributed by atoms with Crippen LogP contribution < -0.4 is 4.74 Å². The first kappa shape index (κ1) is 18.4. The zero-order valence-corrected chi connectivity index (χ0v) is 15.0. The van der Waals surface area contributed by atoms with Gasteiger partial charge in [-0.05, 0) is 29.8 Å². The molecule has 0 spiro atoms. The fourth-order valence-electron chi connectivity index (χ4n) is 3.07. The van der Waals surface area contributed by atoms with E-state index in [1.54, 1.807) is 18.2 Å². The Hall–Kier alpha value is -2.38. The molecule has 2 heterocycles. The minimum Gasteiger partial charge on any atom is -0.494 e. The third-order valence-electron chi connectivity index (χ3n) is 4.51. The molecule has 0 saturated carbocycles. The van der Waals surface area contributed by atoms with E-state index in [2.05, 4.69) is 14.5 Å². The van der Waals surface area contributed by atoms with Gasteiger partial charge in [-0.2, -0.15) is 0 Å². The van der Waals surface area contributed by atoms with E-state index >= 15 is 0 Å². The standard InChI is InChI=1S/C19H23FN2O4/c1-24-17-5-3-14(11-16(17)20)12-21-7-9-22(10-8-21)13-15-4-6-18(26-15)19(23)25-2/h3-6,11H,7-10,12-13H2,1-2H3. The van der Waals surface area contributed by atoms with Crippen LogP contribution in [0.25, 0.3) is 0 Å². The number of carbonyl (C=O) groups is 1. The van der Waals surface area contributed by atoms with Gasteiger partial charge >= 0.3 is 5.97 Å². The summed E-state index contributed by atoms with van der Waals surface area (Å²) in [5, 5.41) is 0. The maximum atomic E-state index is 13.8. The van der Waals surface area contributed by atoms with Gasteiger partial charge in [0.1, 0.15) is 5.76 Å². The van der Waals surface area contributed by atoms with Crippen LogP contribution in [0.2, 0.25) is 0 Å². The fraction of sp³-hybridized carbons (Fsp3) is 0.421. The lowest BCUT2D eigenvalue weighted by atomic mass is 10.2. The van der Waals surface area contributed by atoms with Crippen molar-refractivity contribution in [1.82, 2.24) is 9.80 Å². The molecule has 0 bridgehead atoms. The molecule has 0 N–H and O–H groups in total. The predicted octanol–water partition coefficient (Wildman–Crippen LogP) is 2.53. The quantitative estimate of drug-likeness (QED) is 0.736. The molecule has 1 aliphatic rings. The summed E-state index contributed by atoms with van der Waals surface area (Å²) in [5.74, 6) is 0.442. The molecule has 6 nitrogen and oxygen atoms in total. The van der Waals surface area contributed by atoms with Crippen LogP contribution in [0.1, 0.15) is 21.9 Å². The number of benzene rings is 1. The molecule has 140 valence electrons. The predicted molar refractivity (Wildman–Crippen MR) is 93.6 cm³/mol. The number of piperazine rings is 1. The Kier molecular flexibility index (Phi) is 5.90. The van der Waals surface area contributed by atoms with Crippen LogP contribution in [0.4, 0.5) is 4.39 Å². The van der Waals surface area contributed by atoms with Crippen LogP contribution in [0.3, 0.4) is 0 Å². The van der Waals surface area contributed by atoms with Gasteiger partial charge < -0.3 is 13.9 Å². The van der Waals surface area contributed by atoms with Crippen molar-refractivity contribution >= 4 is 5.97 Å². The van der Waals surface area contributed by atoms with Crippen molar-refractivity contribution in [2.45, 2.75) is 13.1 Å². The molecular weight excluding hydrogens is 339 g/mol. The molecule has 2 aromatic rings. The molecule has 0 aliphatic carbocycles. The smallest absolute Gasteiger partial charge is 0.373 e. The molecule has 0 atom stereocenters. The van der Waals surface area contributed by atoms with Crippen LogP contribution in [-0.4, -0.2) is 56.2 Å². The summed E-state index contributed by atoms with van der Waals surface area (Å²) in [4.78, 5) is 16.0. The van der Waals surface area contributed by atoms with Crippen LogP contribution >= 0.6 is 0 Å². The SMILES string of the molecule is COC(=O)c1ccc(CN2CCN(Cc3ccc(OC)c(F)c3)CC2)o1. The van der Waals surface area contributed by atoms with E-state index in [0.29, 0.717) is 13.1 Å².